The van der Waals surface area contributed by atoms with Gasteiger partial charge in [-0.25, -0.2) is 0 Å². The van der Waals surface area contributed by atoms with Gasteiger partial charge in [0.25, 0.3) is 5.91 Å². The van der Waals surface area contributed by atoms with Crippen LogP contribution in [-0.2, 0) is 4.74 Å². The maximum absolute atomic E-state index is 12.1. The van der Waals surface area contributed by atoms with E-state index in [1.807, 2.05) is 30.7 Å². The zero-order valence-electron chi connectivity index (χ0n) is 11.6. The van der Waals surface area contributed by atoms with Crippen LogP contribution in [0.4, 0.5) is 0 Å². The van der Waals surface area contributed by atoms with Crippen LogP contribution < -0.4 is 5.32 Å². The van der Waals surface area contributed by atoms with E-state index in [-0.39, 0.29) is 18.5 Å². The highest BCUT2D eigenvalue weighted by atomic mass is 16.5. The van der Waals surface area contributed by atoms with Crippen molar-refractivity contribution < 1.29 is 14.6 Å². The molecule has 0 saturated carbocycles. The van der Waals surface area contributed by atoms with Gasteiger partial charge in [0, 0.05) is 44.8 Å². The SMILES string of the molecule is CC(C)n1cccc1C(=O)NCC1(O)CCOCC1. The summed E-state index contributed by atoms with van der Waals surface area (Å²) < 4.78 is 7.14. The predicted octanol–water partition coefficient (Wildman–Crippen LogP) is 1.34. The second kappa shape index (κ2) is 5.75. The third-order valence-electron chi connectivity index (χ3n) is 3.57. The second-order valence-electron chi connectivity index (χ2n) is 5.41. The summed E-state index contributed by atoms with van der Waals surface area (Å²) in [6.45, 7) is 5.44. The molecule has 106 valence electrons. The van der Waals surface area contributed by atoms with E-state index in [2.05, 4.69) is 5.32 Å². The van der Waals surface area contributed by atoms with Crippen LogP contribution in [0.15, 0.2) is 18.3 Å². The molecule has 0 aromatic carbocycles. The Balaban J connectivity index is 1.95. The van der Waals surface area contributed by atoms with Crippen molar-refractivity contribution in [3.63, 3.8) is 0 Å². The molecule has 0 spiro atoms. The molecule has 5 nitrogen and oxygen atoms in total. The summed E-state index contributed by atoms with van der Waals surface area (Å²) in [5.74, 6) is -0.140. The van der Waals surface area contributed by atoms with Crippen molar-refractivity contribution in [2.45, 2.75) is 38.3 Å². The van der Waals surface area contributed by atoms with Gasteiger partial charge in [0.05, 0.1) is 5.60 Å². The molecule has 1 aliphatic heterocycles. The third-order valence-corrected chi connectivity index (χ3v) is 3.57. The quantitative estimate of drug-likeness (QED) is 0.864. The molecule has 0 aliphatic carbocycles. The normalized spacial score (nSPS) is 18.5. The molecule has 2 heterocycles. The number of nitrogens with zero attached hydrogens (tertiary/aromatic N) is 1. The Hall–Kier alpha value is -1.33. The Morgan fingerprint density at radius 2 is 2.21 bits per heavy atom. The number of amides is 1. The van der Waals surface area contributed by atoms with Crippen molar-refractivity contribution in [3.05, 3.63) is 24.0 Å². The van der Waals surface area contributed by atoms with Crippen molar-refractivity contribution in [1.82, 2.24) is 9.88 Å². The fraction of sp³-hybridized carbons (Fsp3) is 0.643. The first-order chi connectivity index (χ1) is 9.02. The molecule has 19 heavy (non-hydrogen) atoms. The van der Waals surface area contributed by atoms with E-state index in [0.717, 1.165) is 0 Å². The summed E-state index contributed by atoms with van der Waals surface area (Å²) in [6.07, 6.45) is 3.03. The summed E-state index contributed by atoms with van der Waals surface area (Å²) in [7, 11) is 0. The minimum atomic E-state index is -0.830. The maximum Gasteiger partial charge on any atom is 0.268 e. The smallest absolute Gasteiger partial charge is 0.268 e. The average molecular weight is 266 g/mol. The van der Waals surface area contributed by atoms with E-state index in [1.165, 1.54) is 0 Å². The van der Waals surface area contributed by atoms with Crippen molar-refractivity contribution in [3.8, 4) is 0 Å². The van der Waals surface area contributed by atoms with Gasteiger partial charge in [-0.3, -0.25) is 4.79 Å². The van der Waals surface area contributed by atoms with Crippen molar-refractivity contribution >= 4 is 5.91 Å². The highest BCUT2D eigenvalue weighted by Crippen LogP contribution is 2.19. The summed E-state index contributed by atoms with van der Waals surface area (Å²) in [5, 5.41) is 13.1. The molecule has 1 aromatic heterocycles. The van der Waals surface area contributed by atoms with Crippen LogP contribution in [0, 0.1) is 0 Å². The lowest BCUT2D eigenvalue weighted by atomic mass is 9.94. The monoisotopic (exact) mass is 266 g/mol. The summed E-state index contributed by atoms with van der Waals surface area (Å²) in [5.41, 5.74) is -0.200. The molecule has 1 fully saturated rings. The Morgan fingerprint density at radius 1 is 1.53 bits per heavy atom. The Kier molecular flexibility index (Phi) is 4.27. The first-order valence-electron chi connectivity index (χ1n) is 6.77. The van der Waals surface area contributed by atoms with Crippen LogP contribution >= 0.6 is 0 Å². The second-order valence-corrected chi connectivity index (χ2v) is 5.41. The number of rotatable bonds is 4. The lowest BCUT2D eigenvalue weighted by Gasteiger charge is -2.32. The number of aromatic nitrogens is 1. The minimum Gasteiger partial charge on any atom is -0.388 e. The predicted molar refractivity (Wildman–Crippen MR) is 72.2 cm³/mol. The highest BCUT2D eigenvalue weighted by Gasteiger charge is 2.30. The average Bonchev–Trinajstić information content (AvgIpc) is 2.86. The Labute approximate surface area is 113 Å². The van der Waals surface area contributed by atoms with Gasteiger partial charge < -0.3 is 19.7 Å². The van der Waals surface area contributed by atoms with E-state index in [4.69, 9.17) is 4.74 Å². The van der Waals surface area contributed by atoms with E-state index < -0.39 is 5.60 Å². The molecule has 2 rings (SSSR count). The van der Waals surface area contributed by atoms with Gasteiger partial charge >= 0.3 is 0 Å². The van der Waals surface area contributed by atoms with Crippen LogP contribution in [0.1, 0.15) is 43.2 Å². The van der Waals surface area contributed by atoms with Crippen molar-refractivity contribution in [2.75, 3.05) is 19.8 Å². The van der Waals surface area contributed by atoms with Gasteiger partial charge in [-0.2, -0.15) is 0 Å². The number of hydrogen-bond donors (Lipinski definition) is 2. The Morgan fingerprint density at radius 3 is 2.84 bits per heavy atom. The standard InChI is InChI=1S/C14H22N2O3/c1-11(2)16-7-3-4-12(16)13(17)15-10-14(18)5-8-19-9-6-14/h3-4,7,11,18H,5-6,8-10H2,1-2H3,(H,15,17). The van der Waals surface area contributed by atoms with Gasteiger partial charge in [-0.05, 0) is 26.0 Å². The molecule has 0 unspecified atom stereocenters. The number of aliphatic hydroxyl groups is 1. The number of carbonyl (C=O) groups excluding carboxylic acids is 1. The zero-order chi connectivity index (χ0) is 13.9. The number of nitrogens with one attached hydrogen (secondary N) is 1. The number of ether oxygens (including phenoxy) is 1. The van der Waals surface area contributed by atoms with Gasteiger partial charge in [-0.1, -0.05) is 0 Å². The van der Waals surface area contributed by atoms with Gasteiger partial charge in [0.1, 0.15) is 5.69 Å². The van der Waals surface area contributed by atoms with Crippen LogP contribution in [0.5, 0.6) is 0 Å². The highest BCUT2D eigenvalue weighted by molar-refractivity contribution is 5.92. The fourth-order valence-corrected chi connectivity index (χ4v) is 2.30. The lowest BCUT2D eigenvalue weighted by Crippen LogP contribution is -2.46. The zero-order valence-corrected chi connectivity index (χ0v) is 11.6. The molecule has 1 aliphatic rings. The molecular weight excluding hydrogens is 244 g/mol. The Bertz CT molecular complexity index is 434. The molecule has 1 saturated heterocycles. The summed E-state index contributed by atoms with van der Waals surface area (Å²) in [4.78, 5) is 12.1. The molecule has 0 radical (unpaired) electrons. The van der Waals surface area contributed by atoms with Crippen LogP contribution in [0.2, 0.25) is 0 Å². The van der Waals surface area contributed by atoms with Crippen LogP contribution in [0.25, 0.3) is 0 Å². The summed E-state index contributed by atoms with van der Waals surface area (Å²) >= 11 is 0. The van der Waals surface area contributed by atoms with Gasteiger partial charge in [0.15, 0.2) is 0 Å². The fourth-order valence-electron chi connectivity index (χ4n) is 2.30. The van der Waals surface area contributed by atoms with Crippen LogP contribution in [0.3, 0.4) is 0 Å². The van der Waals surface area contributed by atoms with Crippen molar-refractivity contribution in [2.24, 2.45) is 0 Å². The minimum absolute atomic E-state index is 0.140. The maximum atomic E-state index is 12.1. The summed E-state index contributed by atoms with van der Waals surface area (Å²) in [6, 6.07) is 3.89. The number of carbonyl (C=O) groups is 1. The van der Waals surface area contributed by atoms with Crippen LogP contribution in [-0.4, -0.2) is 40.9 Å². The molecule has 1 aromatic rings. The molecule has 0 bridgehead atoms. The molecular formula is C14H22N2O3. The van der Waals surface area contributed by atoms with E-state index in [9.17, 15) is 9.90 Å². The van der Waals surface area contributed by atoms with Crippen molar-refractivity contribution in [1.29, 1.82) is 0 Å². The molecule has 5 heteroatoms. The number of hydrogen-bond acceptors (Lipinski definition) is 3. The first-order valence-corrected chi connectivity index (χ1v) is 6.77. The molecule has 2 N–H and O–H groups in total. The van der Waals surface area contributed by atoms with Gasteiger partial charge in [-0.15, -0.1) is 0 Å². The first kappa shape index (κ1) is 14.1. The molecule has 1 amide bonds. The topological polar surface area (TPSA) is 63.5 Å². The van der Waals surface area contributed by atoms with E-state index in [1.54, 1.807) is 6.07 Å². The van der Waals surface area contributed by atoms with E-state index in [0.29, 0.717) is 31.7 Å². The largest absolute Gasteiger partial charge is 0.388 e. The third kappa shape index (κ3) is 3.36. The molecule has 0 atom stereocenters. The van der Waals surface area contributed by atoms with Gasteiger partial charge in [0.2, 0.25) is 0 Å². The lowest BCUT2D eigenvalue weighted by molar-refractivity contribution is -0.0605. The van der Waals surface area contributed by atoms with E-state index >= 15 is 0 Å².